The molecule has 0 unspecified atom stereocenters. The Morgan fingerprint density at radius 3 is 2.61 bits per heavy atom. The second-order valence-electron chi connectivity index (χ2n) is 6.44. The highest BCUT2D eigenvalue weighted by molar-refractivity contribution is 5.77. The van der Waals surface area contributed by atoms with Gasteiger partial charge in [-0.3, -0.25) is 4.79 Å². The number of hydrogen-bond acceptors (Lipinski definition) is 5. The maximum Gasteiger partial charge on any atom is 0.220 e. The number of nitrogens with zero attached hydrogens (tertiary/aromatic N) is 1. The van der Waals surface area contributed by atoms with Crippen LogP contribution in [0.4, 0.5) is 0 Å². The number of nitrogens with one attached hydrogen (secondary N) is 1. The van der Waals surface area contributed by atoms with Gasteiger partial charge in [-0.05, 0) is 50.6 Å². The number of para-hydroxylation sites is 2. The average molecular weight is 382 g/mol. The molecule has 1 atom stereocenters. The summed E-state index contributed by atoms with van der Waals surface area (Å²) in [5.74, 6) is 1.92. The first-order valence-electron chi connectivity index (χ1n) is 9.64. The smallest absolute Gasteiger partial charge is 0.220 e. The number of fused-ring (bicyclic) bond motifs is 1. The molecule has 1 aromatic heterocycles. The van der Waals surface area contributed by atoms with Gasteiger partial charge >= 0.3 is 0 Å². The second kappa shape index (κ2) is 9.26. The number of benzene rings is 2. The highest BCUT2D eigenvalue weighted by atomic mass is 16.5. The third kappa shape index (κ3) is 4.82. The number of ether oxygens (including phenoxy) is 2. The van der Waals surface area contributed by atoms with E-state index in [9.17, 15) is 4.79 Å². The van der Waals surface area contributed by atoms with Crippen molar-refractivity contribution in [3.05, 3.63) is 53.9 Å². The normalized spacial score (nSPS) is 12.0. The van der Waals surface area contributed by atoms with Gasteiger partial charge in [-0.15, -0.1) is 0 Å². The number of aryl methyl sites for hydroxylation is 1. The molecule has 0 aliphatic heterocycles. The molecule has 1 heterocycles. The lowest BCUT2D eigenvalue weighted by molar-refractivity contribution is -0.121. The van der Waals surface area contributed by atoms with Gasteiger partial charge in [-0.1, -0.05) is 18.2 Å². The van der Waals surface area contributed by atoms with Crippen molar-refractivity contribution in [2.24, 2.45) is 0 Å². The molecule has 0 bridgehead atoms. The van der Waals surface area contributed by atoms with Crippen LogP contribution in [0, 0.1) is 0 Å². The molecule has 6 heteroatoms. The fraction of sp³-hybridized carbons (Fsp3) is 0.364. The highest BCUT2D eigenvalue weighted by Crippen LogP contribution is 2.30. The molecule has 28 heavy (non-hydrogen) atoms. The van der Waals surface area contributed by atoms with Crippen LogP contribution in [0.3, 0.4) is 0 Å². The number of hydrogen-bond donors (Lipinski definition) is 1. The molecule has 3 aromatic rings. The van der Waals surface area contributed by atoms with Crippen LogP contribution < -0.4 is 14.8 Å². The number of rotatable bonds is 9. The van der Waals surface area contributed by atoms with Crippen molar-refractivity contribution in [1.29, 1.82) is 0 Å². The van der Waals surface area contributed by atoms with E-state index in [0.717, 1.165) is 16.7 Å². The number of aromatic nitrogens is 1. The molecule has 0 fully saturated rings. The summed E-state index contributed by atoms with van der Waals surface area (Å²) < 4.78 is 16.9. The SMILES string of the molecule is CCOc1ccc([C@H](C)NC(=O)CCc2nc3ccccc3o2)cc1OCC. The lowest BCUT2D eigenvalue weighted by atomic mass is 10.1. The number of amides is 1. The highest BCUT2D eigenvalue weighted by Gasteiger charge is 2.14. The molecule has 0 saturated heterocycles. The number of carbonyl (C=O) groups excluding carboxylic acids is 1. The van der Waals surface area contributed by atoms with Crippen molar-refractivity contribution in [2.45, 2.75) is 39.7 Å². The molecule has 0 spiro atoms. The van der Waals surface area contributed by atoms with Crippen molar-refractivity contribution >= 4 is 17.0 Å². The van der Waals surface area contributed by atoms with E-state index < -0.39 is 0 Å². The second-order valence-corrected chi connectivity index (χ2v) is 6.44. The first-order valence-corrected chi connectivity index (χ1v) is 9.64. The predicted octanol–water partition coefficient (Wildman–Crippen LogP) is 4.44. The molecule has 2 aromatic carbocycles. The van der Waals surface area contributed by atoms with Crippen LogP contribution >= 0.6 is 0 Å². The van der Waals surface area contributed by atoms with Gasteiger partial charge < -0.3 is 19.2 Å². The maximum absolute atomic E-state index is 12.4. The molecular formula is C22H26N2O4. The van der Waals surface area contributed by atoms with Gasteiger partial charge in [0.15, 0.2) is 23.0 Å². The molecule has 6 nitrogen and oxygen atoms in total. The van der Waals surface area contributed by atoms with E-state index in [-0.39, 0.29) is 11.9 Å². The summed E-state index contributed by atoms with van der Waals surface area (Å²) in [4.78, 5) is 16.8. The van der Waals surface area contributed by atoms with E-state index in [1.807, 2.05) is 63.2 Å². The van der Waals surface area contributed by atoms with Gasteiger partial charge in [0.25, 0.3) is 0 Å². The Morgan fingerprint density at radius 1 is 1.11 bits per heavy atom. The summed E-state index contributed by atoms with van der Waals surface area (Å²) >= 11 is 0. The van der Waals surface area contributed by atoms with Crippen LogP contribution in [0.2, 0.25) is 0 Å². The molecular weight excluding hydrogens is 356 g/mol. The van der Waals surface area contributed by atoms with Crippen LogP contribution in [-0.2, 0) is 11.2 Å². The Bertz CT molecular complexity index is 902. The third-order valence-corrected chi connectivity index (χ3v) is 4.35. The molecule has 1 amide bonds. The summed E-state index contributed by atoms with van der Waals surface area (Å²) in [5.41, 5.74) is 2.51. The number of carbonyl (C=O) groups is 1. The van der Waals surface area contributed by atoms with Crippen molar-refractivity contribution < 1.29 is 18.7 Å². The monoisotopic (exact) mass is 382 g/mol. The Morgan fingerprint density at radius 2 is 1.86 bits per heavy atom. The Kier molecular flexibility index (Phi) is 6.53. The van der Waals surface area contributed by atoms with E-state index in [1.165, 1.54) is 0 Å². The Labute approximate surface area is 164 Å². The zero-order chi connectivity index (χ0) is 19.9. The van der Waals surface area contributed by atoms with Gasteiger partial charge in [0.1, 0.15) is 5.52 Å². The Hall–Kier alpha value is -3.02. The first kappa shape index (κ1) is 19.7. The largest absolute Gasteiger partial charge is 0.490 e. The molecule has 0 aliphatic rings. The summed E-state index contributed by atoms with van der Waals surface area (Å²) in [6.45, 7) is 6.93. The summed E-state index contributed by atoms with van der Waals surface area (Å²) in [6, 6.07) is 13.2. The third-order valence-electron chi connectivity index (χ3n) is 4.35. The van der Waals surface area contributed by atoms with Crippen molar-refractivity contribution in [3.8, 4) is 11.5 Å². The van der Waals surface area contributed by atoms with Gasteiger partial charge in [0.2, 0.25) is 5.91 Å². The average Bonchev–Trinajstić information content (AvgIpc) is 3.11. The van der Waals surface area contributed by atoms with Crippen LogP contribution in [0.25, 0.3) is 11.1 Å². The lowest BCUT2D eigenvalue weighted by Gasteiger charge is -2.17. The minimum atomic E-state index is -0.147. The van der Waals surface area contributed by atoms with E-state index in [0.29, 0.717) is 43.4 Å². The van der Waals surface area contributed by atoms with Crippen molar-refractivity contribution in [2.75, 3.05) is 13.2 Å². The van der Waals surface area contributed by atoms with E-state index in [4.69, 9.17) is 13.9 Å². The van der Waals surface area contributed by atoms with E-state index >= 15 is 0 Å². The van der Waals surface area contributed by atoms with E-state index in [2.05, 4.69) is 10.3 Å². The Balaban J connectivity index is 1.59. The summed E-state index contributed by atoms with van der Waals surface area (Å²) in [5, 5.41) is 3.02. The van der Waals surface area contributed by atoms with Crippen LogP contribution in [0.15, 0.2) is 46.9 Å². The minimum Gasteiger partial charge on any atom is -0.490 e. The topological polar surface area (TPSA) is 73.6 Å². The summed E-state index contributed by atoms with van der Waals surface area (Å²) in [6.07, 6.45) is 0.771. The zero-order valence-corrected chi connectivity index (χ0v) is 16.5. The molecule has 148 valence electrons. The molecule has 0 radical (unpaired) electrons. The van der Waals surface area contributed by atoms with E-state index in [1.54, 1.807) is 0 Å². The molecule has 1 N–H and O–H groups in total. The molecule has 0 saturated carbocycles. The van der Waals surface area contributed by atoms with Gasteiger partial charge in [0.05, 0.1) is 19.3 Å². The van der Waals surface area contributed by atoms with Crippen LogP contribution in [-0.4, -0.2) is 24.1 Å². The number of oxazole rings is 1. The minimum absolute atomic E-state index is 0.0541. The molecule has 3 rings (SSSR count). The maximum atomic E-state index is 12.4. The van der Waals surface area contributed by atoms with Gasteiger partial charge in [0, 0.05) is 12.8 Å². The predicted molar refractivity (Wildman–Crippen MR) is 108 cm³/mol. The van der Waals surface area contributed by atoms with Gasteiger partial charge in [-0.25, -0.2) is 4.98 Å². The standard InChI is InChI=1S/C22H26N2O4/c1-4-26-19-11-10-16(14-20(19)27-5-2)15(3)23-21(25)12-13-22-24-17-8-6-7-9-18(17)28-22/h6-11,14-15H,4-5,12-13H2,1-3H3,(H,23,25)/t15-/m0/s1. The first-order chi connectivity index (χ1) is 13.6. The van der Waals surface area contributed by atoms with Crippen LogP contribution in [0.5, 0.6) is 11.5 Å². The fourth-order valence-electron chi connectivity index (χ4n) is 2.98. The summed E-state index contributed by atoms with van der Waals surface area (Å²) in [7, 11) is 0. The fourth-order valence-corrected chi connectivity index (χ4v) is 2.98. The molecule has 0 aliphatic carbocycles. The quantitative estimate of drug-likeness (QED) is 0.592. The zero-order valence-electron chi connectivity index (χ0n) is 16.5. The lowest BCUT2D eigenvalue weighted by Crippen LogP contribution is -2.26. The van der Waals surface area contributed by atoms with Crippen molar-refractivity contribution in [3.63, 3.8) is 0 Å². The van der Waals surface area contributed by atoms with Gasteiger partial charge in [-0.2, -0.15) is 0 Å². The van der Waals surface area contributed by atoms with Crippen molar-refractivity contribution in [1.82, 2.24) is 10.3 Å². The van der Waals surface area contributed by atoms with Crippen LogP contribution in [0.1, 0.15) is 44.7 Å².